The van der Waals surface area contributed by atoms with E-state index in [1.165, 1.54) is 11.3 Å². The van der Waals surface area contributed by atoms with Crippen molar-refractivity contribution >= 4 is 23.1 Å². The van der Waals surface area contributed by atoms with Crippen molar-refractivity contribution in [3.8, 4) is 17.6 Å². The van der Waals surface area contributed by atoms with E-state index >= 15 is 0 Å². The fourth-order valence-electron chi connectivity index (χ4n) is 2.22. The number of para-hydroxylation sites is 2. The summed E-state index contributed by atoms with van der Waals surface area (Å²) in [7, 11) is 0. The second-order valence-electron chi connectivity index (χ2n) is 5.33. The first-order chi connectivity index (χ1) is 12.1. The zero-order valence-corrected chi connectivity index (χ0v) is 14.1. The van der Waals surface area contributed by atoms with Crippen LogP contribution in [0.2, 0.25) is 0 Å². The van der Waals surface area contributed by atoms with Crippen LogP contribution in [0.15, 0.2) is 29.6 Å². The molecule has 0 N–H and O–H groups in total. The van der Waals surface area contributed by atoms with Gasteiger partial charge in [-0.1, -0.05) is 12.1 Å². The van der Waals surface area contributed by atoms with Crippen molar-refractivity contribution in [1.29, 1.82) is 5.26 Å². The van der Waals surface area contributed by atoms with Gasteiger partial charge in [-0.3, -0.25) is 4.79 Å². The maximum absolute atomic E-state index is 12.2. The number of rotatable bonds is 5. The minimum absolute atomic E-state index is 0.00259. The highest BCUT2D eigenvalue weighted by Crippen LogP contribution is 2.31. The molecule has 2 aromatic rings. The molecule has 0 spiro atoms. The first-order valence-electron chi connectivity index (χ1n) is 7.48. The predicted molar refractivity (Wildman–Crippen MR) is 87.5 cm³/mol. The first-order valence-corrected chi connectivity index (χ1v) is 8.36. The van der Waals surface area contributed by atoms with Crippen molar-refractivity contribution in [2.75, 3.05) is 13.2 Å². The van der Waals surface area contributed by atoms with Crippen LogP contribution in [0.1, 0.15) is 16.6 Å². The number of nitrogens with zero attached hydrogens (tertiary/aromatic N) is 2. The number of carbonyl (C=O) groups is 2. The molecular weight excluding hydrogens is 344 g/mol. The number of aryl methyl sites for hydroxylation is 1. The van der Waals surface area contributed by atoms with Crippen LogP contribution in [0.5, 0.6) is 11.5 Å². The maximum atomic E-state index is 12.2. The van der Waals surface area contributed by atoms with Gasteiger partial charge in [-0.2, -0.15) is 5.26 Å². The highest BCUT2D eigenvalue weighted by Gasteiger charge is 2.30. The van der Waals surface area contributed by atoms with Gasteiger partial charge in [0.1, 0.15) is 11.6 Å². The summed E-state index contributed by atoms with van der Waals surface area (Å²) in [6.07, 6.45) is -0.953. The Morgan fingerprint density at radius 2 is 2.20 bits per heavy atom. The van der Waals surface area contributed by atoms with Gasteiger partial charge in [-0.25, -0.2) is 9.78 Å². The Bertz CT molecular complexity index is 842. The summed E-state index contributed by atoms with van der Waals surface area (Å²) in [6, 6.07) is 8.86. The average Bonchev–Trinajstić information content (AvgIpc) is 3.05. The summed E-state index contributed by atoms with van der Waals surface area (Å²) in [5.74, 6) is -1.30. The number of aromatic nitrogens is 1. The highest BCUT2D eigenvalue weighted by atomic mass is 32.1. The first kappa shape index (κ1) is 16.9. The Hall–Kier alpha value is -2.92. The van der Waals surface area contributed by atoms with Crippen LogP contribution in [0.3, 0.4) is 0 Å². The van der Waals surface area contributed by atoms with Crippen LogP contribution in [-0.2, 0) is 14.3 Å². The van der Waals surface area contributed by atoms with E-state index in [2.05, 4.69) is 4.98 Å². The third-order valence-electron chi connectivity index (χ3n) is 3.46. The van der Waals surface area contributed by atoms with E-state index in [1.54, 1.807) is 36.6 Å². The minimum Gasteiger partial charge on any atom is -0.485 e. The molecule has 1 aromatic heterocycles. The fraction of sp³-hybridized carbons (Fsp3) is 0.294. The van der Waals surface area contributed by atoms with E-state index in [9.17, 15) is 14.9 Å². The molecule has 0 aliphatic carbocycles. The van der Waals surface area contributed by atoms with Crippen molar-refractivity contribution < 1.29 is 23.8 Å². The van der Waals surface area contributed by atoms with Gasteiger partial charge in [0.05, 0.1) is 6.07 Å². The van der Waals surface area contributed by atoms with E-state index < -0.39 is 30.4 Å². The second kappa shape index (κ2) is 7.32. The molecule has 7 nitrogen and oxygen atoms in total. The van der Waals surface area contributed by atoms with Crippen molar-refractivity contribution in [2.24, 2.45) is 0 Å². The van der Waals surface area contributed by atoms with E-state index in [0.717, 1.165) is 5.69 Å². The number of Topliss-reactive ketones (excluding diaryl/α,β-unsaturated/α-hetero) is 1. The molecule has 0 bridgehead atoms. The van der Waals surface area contributed by atoms with Crippen molar-refractivity contribution in [1.82, 2.24) is 4.98 Å². The number of hydrogen-bond acceptors (Lipinski definition) is 8. The Balaban J connectivity index is 1.57. The number of carbonyl (C=O) groups excluding carboxylic acids is 2. The third kappa shape index (κ3) is 3.78. The van der Waals surface area contributed by atoms with Crippen molar-refractivity contribution in [2.45, 2.75) is 18.9 Å². The molecule has 0 unspecified atom stereocenters. The molecule has 8 heteroatoms. The summed E-state index contributed by atoms with van der Waals surface area (Å²) in [5, 5.41) is 11.3. The molecule has 0 saturated heterocycles. The zero-order chi connectivity index (χ0) is 17.8. The largest absolute Gasteiger partial charge is 0.485 e. The van der Waals surface area contributed by atoms with Crippen LogP contribution in [0, 0.1) is 18.3 Å². The molecule has 1 aliphatic heterocycles. The lowest BCUT2D eigenvalue weighted by molar-refractivity contribution is -0.157. The number of ketones is 1. The standard InChI is InChI=1S/C17H14N2O5S/c1-10-9-25-16(19-10)11(6-18)12(20)7-23-17(21)15-8-22-13-4-2-3-5-14(13)24-15/h2-5,9,11,15H,7-8H2,1H3/t11-,15+/m0/s1. The number of thiazole rings is 1. The van der Waals surface area contributed by atoms with E-state index in [4.69, 9.17) is 14.2 Å². The van der Waals surface area contributed by atoms with Crippen LogP contribution >= 0.6 is 11.3 Å². The number of nitriles is 1. The molecule has 128 valence electrons. The van der Waals surface area contributed by atoms with Gasteiger partial charge in [0.15, 0.2) is 29.8 Å². The molecule has 25 heavy (non-hydrogen) atoms. The van der Waals surface area contributed by atoms with Crippen LogP contribution in [0.4, 0.5) is 0 Å². The zero-order valence-electron chi connectivity index (χ0n) is 13.3. The van der Waals surface area contributed by atoms with Gasteiger partial charge in [0.2, 0.25) is 6.10 Å². The second-order valence-corrected chi connectivity index (χ2v) is 6.22. The predicted octanol–water partition coefficient (Wildman–Crippen LogP) is 2.01. The smallest absolute Gasteiger partial charge is 0.351 e. The fourth-order valence-corrected chi connectivity index (χ4v) is 3.08. The molecular formula is C17H14N2O5S. The Morgan fingerprint density at radius 3 is 2.88 bits per heavy atom. The quantitative estimate of drug-likeness (QED) is 0.754. The van der Waals surface area contributed by atoms with E-state index in [1.807, 2.05) is 6.07 Å². The minimum atomic E-state index is -1.05. The lowest BCUT2D eigenvalue weighted by Gasteiger charge is -2.24. The molecule has 1 aliphatic rings. The van der Waals surface area contributed by atoms with Crippen LogP contribution in [0.25, 0.3) is 0 Å². The molecule has 0 fully saturated rings. The third-order valence-corrected chi connectivity index (χ3v) is 4.49. The van der Waals surface area contributed by atoms with Gasteiger partial charge < -0.3 is 14.2 Å². The number of esters is 1. The van der Waals surface area contributed by atoms with Gasteiger partial charge in [-0.05, 0) is 19.1 Å². The van der Waals surface area contributed by atoms with Crippen LogP contribution < -0.4 is 9.47 Å². The van der Waals surface area contributed by atoms with Gasteiger partial charge >= 0.3 is 5.97 Å². The number of benzene rings is 1. The van der Waals surface area contributed by atoms with Gasteiger partial charge in [-0.15, -0.1) is 11.3 Å². The summed E-state index contributed by atoms with van der Waals surface area (Å²) in [6.45, 7) is 1.26. The molecule has 0 amide bonds. The van der Waals surface area contributed by atoms with E-state index in [-0.39, 0.29) is 6.61 Å². The van der Waals surface area contributed by atoms with E-state index in [0.29, 0.717) is 16.5 Å². The Kier molecular flexibility index (Phi) is 4.95. The number of fused-ring (bicyclic) bond motifs is 1. The number of hydrogen-bond donors (Lipinski definition) is 0. The van der Waals surface area contributed by atoms with Gasteiger partial charge in [0.25, 0.3) is 0 Å². The molecule has 2 atom stereocenters. The Morgan fingerprint density at radius 1 is 1.44 bits per heavy atom. The van der Waals surface area contributed by atoms with Crippen molar-refractivity contribution in [3.05, 3.63) is 40.3 Å². The van der Waals surface area contributed by atoms with Gasteiger partial charge in [0, 0.05) is 11.1 Å². The lowest BCUT2D eigenvalue weighted by Crippen LogP contribution is -2.38. The maximum Gasteiger partial charge on any atom is 0.351 e. The normalized spacial score (nSPS) is 16.6. The SMILES string of the molecule is Cc1csc([C@@H](C#N)C(=O)COC(=O)[C@H]2COc3ccccc3O2)n1. The number of ether oxygens (including phenoxy) is 3. The van der Waals surface area contributed by atoms with Crippen molar-refractivity contribution in [3.63, 3.8) is 0 Å². The summed E-state index contributed by atoms with van der Waals surface area (Å²) >= 11 is 1.23. The van der Waals surface area contributed by atoms with Crippen LogP contribution in [-0.4, -0.2) is 36.1 Å². The topological polar surface area (TPSA) is 98.5 Å². The molecule has 2 heterocycles. The Labute approximate surface area is 147 Å². The summed E-state index contributed by atoms with van der Waals surface area (Å²) in [5.41, 5.74) is 0.733. The molecule has 3 rings (SSSR count). The molecule has 0 radical (unpaired) electrons. The molecule has 1 aromatic carbocycles. The summed E-state index contributed by atoms with van der Waals surface area (Å²) < 4.78 is 15.9. The average molecular weight is 358 g/mol. The molecule has 0 saturated carbocycles. The summed E-state index contributed by atoms with van der Waals surface area (Å²) in [4.78, 5) is 28.4. The lowest BCUT2D eigenvalue weighted by atomic mass is 10.1. The highest BCUT2D eigenvalue weighted by molar-refractivity contribution is 7.09. The monoisotopic (exact) mass is 358 g/mol.